The van der Waals surface area contributed by atoms with Crippen LogP contribution in [0.1, 0.15) is 79.9 Å². The molecule has 0 radical (unpaired) electrons. The first-order valence-corrected chi connectivity index (χ1v) is 20.2. The van der Waals surface area contributed by atoms with E-state index in [0.29, 0.717) is 42.2 Å². The molecule has 0 bridgehead atoms. The van der Waals surface area contributed by atoms with Crippen LogP contribution in [0.15, 0.2) is 71.1 Å². The molecule has 1 unspecified atom stereocenters. The maximum absolute atomic E-state index is 14.3. The quantitative estimate of drug-likeness (QED) is 0.199. The normalized spacial score (nSPS) is 20.5. The molecule has 3 aromatic rings. The summed E-state index contributed by atoms with van der Waals surface area (Å²) in [6, 6.07) is 20.4. The first-order chi connectivity index (χ1) is 24.5. The number of methoxy groups -OCH3 is 1. The van der Waals surface area contributed by atoms with Gasteiger partial charge in [-0.2, -0.15) is 0 Å². The molecule has 9 nitrogen and oxygen atoms in total. The van der Waals surface area contributed by atoms with E-state index >= 15 is 0 Å². The molecule has 1 aliphatic carbocycles. The number of hydrogen-bond donors (Lipinski definition) is 2. The lowest BCUT2D eigenvalue weighted by Crippen LogP contribution is -2.43. The lowest BCUT2D eigenvalue weighted by molar-refractivity contribution is -0.127. The summed E-state index contributed by atoms with van der Waals surface area (Å²) >= 11 is 6.45. The van der Waals surface area contributed by atoms with Crippen LogP contribution >= 0.6 is 11.6 Å². The third-order valence-electron chi connectivity index (χ3n) is 10.4. The zero-order chi connectivity index (χ0) is 36.5. The molecule has 1 saturated carbocycles. The number of nitrogens with one attached hydrogen (secondary N) is 1. The number of benzene rings is 3. The highest BCUT2D eigenvalue weighted by Gasteiger charge is 2.37. The zero-order valence-electron chi connectivity index (χ0n) is 30.2. The second-order valence-electron chi connectivity index (χ2n) is 14.1. The standard InChI is InChI=1S/C40H52ClN3O6S/c1-5-27(2)26-51(48,43-40(47)37(45)21-29-11-7-6-8-12-29)42-39(46)31-16-19-38-36(23-31)44(25-33-15-18-35(33)28(3)49-4)24-32-14-17-34(41)22-30(32)13-9-10-20-50-38/h6-8,11-12,14,16-17,19,22-23,27-28,33,35,37,45H,5,9-10,13,15,18,20-21,24-26H2,1-4H3,(H,42,43,46,47,48)/t27-,28-,33-,35-,37-,51?/m0/s1. The van der Waals surface area contributed by atoms with Gasteiger partial charge >= 0.3 is 0 Å². The van der Waals surface area contributed by atoms with Crippen molar-refractivity contribution in [3.8, 4) is 5.75 Å². The lowest BCUT2D eigenvalue weighted by Gasteiger charge is -2.43. The molecule has 0 saturated heterocycles. The molecule has 51 heavy (non-hydrogen) atoms. The van der Waals surface area contributed by atoms with Crippen LogP contribution < -0.4 is 14.4 Å². The monoisotopic (exact) mass is 737 g/mol. The van der Waals surface area contributed by atoms with E-state index in [1.54, 1.807) is 37.4 Å². The minimum Gasteiger partial charge on any atom is -0.491 e. The molecule has 2 aliphatic rings. The van der Waals surface area contributed by atoms with E-state index in [2.05, 4.69) is 27.0 Å². The van der Waals surface area contributed by atoms with Gasteiger partial charge in [0, 0.05) is 37.2 Å². The second kappa shape index (κ2) is 17.9. The van der Waals surface area contributed by atoms with E-state index in [9.17, 15) is 18.9 Å². The van der Waals surface area contributed by atoms with Crippen LogP contribution in [-0.2, 0) is 38.8 Å². The highest BCUT2D eigenvalue weighted by Crippen LogP contribution is 2.41. The smallest absolute Gasteiger partial charge is 0.286 e. The summed E-state index contributed by atoms with van der Waals surface area (Å²) in [5, 5.41) is 11.4. The number of aliphatic hydroxyl groups excluding tert-OH is 1. The third kappa shape index (κ3) is 10.3. The van der Waals surface area contributed by atoms with E-state index < -0.39 is 27.8 Å². The summed E-state index contributed by atoms with van der Waals surface area (Å²) in [4.78, 5) is 29.4. The molecule has 1 heterocycles. The Bertz CT molecular complexity index is 1780. The van der Waals surface area contributed by atoms with Crippen LogP contribution in [0.25, 0.3) is 0 Å². The Hall–Kier alpha value is -3.44. The molecular formula is C40H52ClN3O6S. The molecule has 11 heteroatoms. The van der Waals surface area contributed by atoms with E-state index in [1.807, 2.05) is 44.2 Å². The number of nitrogens with zero attached hydrogens (tertiary/aromatic N) is 2. The van der Waals surface area contributed by atoms with E-state index in [1.165, 1.54) is 5.56 Å². The van der Waals surface area contributed by atoms with Gasteiger partial charge in [-0.15, -0.1) is 4.36 Å². The summed E-state index contributed by atoms with van der Waals surface area (Å²) in [6.07, 6.45) is 4.23. The maximum Gasteiger partial charge on any atom is 0.286 e. The van der Waals surface area contributed by atoms with E-state index in [4.69, 9.17) is 21.1 Å². The van der Waals surface area contributed by atoms with E-state index in [-0.39, 0.29) is 29.8 Å². The van der Waals surface area contributed by atoms with Crippen LogP contribution in [0.5, 0.6) is 5.75 Å². The molecule has 0 spiro atoms. The van der Waals surface area contributed by atoms with Crippen LogP contribution in [0.2, 0.25) is 5.02 Å². The van der Waals surface area contributed by atoms with Crippen molar-refractivity contribution >= 4 is 39.0 Å². The van der Waals surface area contributed by atoms with Crippen LogP contribution in [0.4, 0.5) is 5.69 Å². The number of fused-ring (bicyclic) bond motifs is 2. The maximum atomic E-state index is 14.3. The fourth-order valence-electron chi connectivity index (χ4n) is 6.90. The number of halogens is 1. The SMILES string of the molecule is CC[C@H](C)CS(=O)(=NC(=O)c1ccc2c(c1)N(C[C@@H]1CC[C@H]1[C@H](C)OC)Cc1ccc(Cl)cc1CCCCO2)NC(=O)[C@@H](O)Cc1ccccc1. The molecule has 5 rings (SSSR count). The Morgan fingerprint density at radius 2 is 1.86 bits per heavy atom. The predicted octanol–water partition coefficient (Wildman–Crippen LogP) is 7.41. The van der Waals surface area contributed by atoms with Gasteiger partial charge in [-0.1, -0.05) is 68.3 Å². The van der Waals surface area contributed by atoms with Crippen molar-refractivity contribution in [2.75, 3.05) is 30.9 Å². The molecule has 3 aromatic carbocycles. The Labute approximate surface area is 308 Å². The number of amides is 2. The van der Waals surface area contributed by atoms with Crippen molar-refractivity contribution < 1.29 is 28.4 Å². The Morgan fingerprint density at radius 3 is 2.57 bits per heavy atom. The van der Waals surface area contributed by atoms with Crippen molar-refractivity contribution in [2.45, 2.75) is 84.5 Å². The summed E-state index contributed by atoms with van der Waals surface area (Å²) in [5.74, 6) is -0.214. The topological polar surface area (TPSA) is 118 Å². The minimum absolute atomic E-state index is 0.0285. The Morgan fingerprint density at radius 1 is 1.08 bits per heavy atom. The minimum atomic E-state index is -3.58. The number of anilines is 1. The van der Waals surface area contributed by atoms with Gasteiger partial charge in [0.2, 0.25) is 0 Å². The van der Waals surface area contributed by atoms with E-state index in [0.717, 1.165) is 55.5 Å². The first-order valence-electron chi connectivity index (χ1n) is 18.1. The van der Waals surface area contributed by atoms with Gasteiger partial charge in [0.25, 0.3) is 11.8 Å². The number of carbonyl (C=O) groups is 2. The average molecular weight is 738 g/mol. The van der Waals surface area contributed by atoms with Gasteiger partial charge in [0.1, 0.15) is 21.8 Å². The van der Waals surface area contributed by atoms with Gasteiger partial charge in [0.15, 0.2) is 0 Å². The number of carbonyl (C=O) groups excluding carboxylic acids is 2. The van der Waals surface area contributed by atoms with Gasteiger partial charge in [-0.05, 0) is 104 Å². The zero-order valence-corrected chi connectivity index (χ0v) is 31.8. The van der Waals surface area contributed by atoms with Gasteiger partial charge in [-0.3, -0.25) is 14.3 Å². The predicted molar refractivity (Wildman–Crippen MR) is 204 cm³/mol. The summed E-state index contributed by atoms with van der Waals surface area (Å²) in [5.41, 5.74) is 4.11. The molecule has 276 valence electrons. The molecule has 6 atom stereocenters. The van der Waals surface area contributed by atoms with Crippen molar-refractivity contribution in [3.05, 3.63) is 94.0 Å². The van der Waals surface area contributed by atoms with Crippen molar-refractivity contribution in [2.24, 2.45) is 22.1 Å². The van der Waals surface area contributed by atoms with Crippen LogP contribution in [0, 0.1) is 17.8 Å². The Kier molecular flexibility index (Phi) is 13.6. The number of aryl methyl sites for hydroxylation is 1. The first kappa shape index (κ1) is 38.8. The molecule has 2 N–H and O–H groups in total. The fourth-order valence-corrected chi connectivity index (χ4v) is 9.13. The second-order valence-corrected chi connectivity index (χ2v) is 16.5. The fraction of sp³-hybridized carbons (Fsp3) is 0.500. The number of ether oxygens (including phenoxy) is 2. The van der Waals surface area contributed by atoms with Crippen molar-refractivity contribution in [1.82, 2.24) is 4.72 Å². The molecule has 1 aliphatic heterocycles. The van der Waals surface area contributed by atoms with Crippen LogP contribution in [0.3, 0.4) is 0 Å². The largest absolute Gasteiger partial charge is 0.491 e. The molecule has 2 amide bonds. The molecule has 0 aromatic heterocycles. The van der Waals surface area contributed by atoms with Crippen LogP contribution in [-0.4, -0.2) is 59.4 Å². The van der Waals surface area contributed by atoms with Gasteiger partial charge in [0.05, 0.1) is 24.2 Å². The number of hydrogen-bond acceptors (Lipinski definition) is 7. The Balaban J connectivity index is 1.50. The van der Waals surface area contributed by atoms with Gasteiger partial charge in [-0.25, -0.2) is 4.21 Å². The number of aliphatic hydroxyl groups is 1. The average Bonchev–Trinajstić information content (AvgIpc) is 3.13. The summed E-state index contributed by atoms with van der Waals surface area (Å²) in [6.45, 7) is 7.78. The molecule has 1 fully saturated rings. The van der Waals surface area contributed by atoms with Crippen molar-refractivity contribution in [1.29, 1.82) is 0 Å². The third-order valence-corrected chi connectivity index (χ3v) is 12.6. The molecular weight excluding hydrogens is 686 g/mol. The highest BCUT2D eigenvalue weighted by molar-refractivity contribution is 7.92. The highest BCUT2D eigenvalue weighted by atomic mass is 35.5. The summed E-state index contributed by atoms with van der Waals surface area (Å²) < 4.78 is 33.0. The van der Waals surface area contributed by atoms with Gasteiger partial charge < -0.3 is 19.5 Å². The summed E-state index contributed by atoms with van der Waals surface area (Å²) in [7, 11) is -1.83. The lowest BCUT2D eigenvalue weighted by atomic mass is 9.70. The van der Waals surface area contributed by atoms with Crippen molar-refractivity contribution in [3.63, 3.8) is 0 Å². The number of rotatable bonds is 12.